The van der Waals surface area contributed by atoms with E-state index in [0.717, 1.165) is 49.4 Å². The number of hydrogen-bond acceptors (Lipinski definition) is 6. The van der Waals surface area contributed by atoms with Crippen molar-refractivity contribution in [3.8, 4) is 5.75 Å². The lowest BCUT2D eigenvalue weighted by Gasteiger charge is -2.43. The molecule has 1 saturated heterocycles. The summed E-state index contributed by atoms with van der Waals surface area (Å²) in [5.74, 6) is 1.76. The fourth-order valence-corrected chi connectivity index (χ4v) is 5.39. The molecule has 1 aliphatic carbocycles. The minimum Gasteiger partial charge on any atom is -0.497 e. The van der Waals surface area contributed by atoms with Crippen LogP contribution in [-0.4, -0.2) is 69.3 Å². The molecule has 2 fully saturated rings. The topological polar surface area (TPSA) is 59.3 Å². The number of ether oxygens (including phenoxy) is 1. The first-order chi connectivity index (χ1) is 16.3. The summed E-state index contributed by atoms with van der Waals surface area (Å²) in [4.78, 5) is 5.28. The van der Waals surface area contributed by atoms with Crippen molar-refractivity contribution in [1.82, 2.24) is 30.0 Å². The maximum Gasteiger partial charge on any atom is 0.173 e. The molecule has 1 aromatic heterocycles. The molecule has 2 heterocycles. The molecule has 2 aliphatic rings. The van der Waals surface area contributed by atoms with Gasteiger partial charge in [0.25, 0.3) is 0 Å². The highest BCUT2D eigenvalue weighted by molar-refractivity contribution is 5.28. The summed E-state index contributed by atoms with van der Waals surface area (Å²) in [5.41, 5.74) is 2.40. The quantitative estimate of drug-likeness (QED) is 0.551. The van der Waals surface area contributed by atoms with Gasteiger partial charge in [-0.05, 0) is 46.5 Å². The van der Waals surface area contributed by atoms with Crippen molar-refractivity contribution in [3.63, 3.8) is 0 Å². The Morgan fingerprint density at radius 2 is 1.64 bits per heavy atom. The van der Waals surface area contributed by atoms with Crippen molar-refractivity contribution in [2.24, 2.45) is 0 Å². The van der Waals surface area contributed by atoms with Gasteiger partial charge in [-0.3, -0.25) is 9.80 Å². The average Bonchev–Trinajstić information content (AvgIpc) is 3.34. The molecule has 2 aromatic carbocycles. The van der Waals surface area contributed by atoms with Gasteiger partial charge in [-0.1, -0.05) is 61.7 Å². The van der Waals surface area contributed by atoms with Gasteiger partial charge >= 0.3 is 0 Å². The van der Waals surface area contributed by atoms with Crippen LogP contribution in [0.15, 0.2) is 54.6 Å². The zero-order chi connectivity index (χ0) is 22.5. The lowest BCUT2D eigenvalue weighted by Crippen LogP contribution is -2.52. The van der Waals surface area contributed by atoms with Crippen LogP contribution in [0.5, 0.6) is 5.75 Å². The van der Waals surface area contributed by atoms with E-state index in [4.69, 9.17) is 4.74 Å². The Kier molecular flexibility index (Phi) is 6.98. The third-order valence-electron chi connectivity index (χ3n) is 7.22. The summed E-state index contributed by atoms with van der Waals surface area (Å²) in [5, 5.41) is 13.0. The largest absolute Gasteiger partial charge is 0.497 e. The minimum atomic E-state index is 0.0490. The van der Waals surface area contributed by atoms with Gasteiger partial charge in [0.2, 0.25) is 0 Å². The Morgan fingerprint density at radius 1 is 0.909 bits per heavy atom. The second kappa shape index (κ2) is 10.4. The molecule has 5 rings (SSSR count). The number of rotatable bonds is 7. The molecule has 33 heavy (non-hydrogen) atoms. The van der Waals surface area contributed by atoms with Gasteiger partial charge in [-0.25, -0.2) is 4.68 Å². The van der Waals surface area contributed by atoms with E-state index in [-0.39, 0.29) is 6.04 Å². The number of benzene rings is 2. The zero-order valence-corrected chi connectivity index (χ0v) is 19.5. The maximum absolute atomic E-state index is 5.30. The molecule has 0 N–H and O–H groups in total. The van der Waals surface area contributed by atoms with Gasteiger partial charge in [0.1, 0.15) is 5.75 Å². The summed E-state index contributed by atoms with van der Waals surface area (Å²) < 4.78 is 7.25. The highest BCUT2D eigenvalue weighted by Crippen LogP contribution is 2.30. The maximum atomic E-state index is 5.30. The van der Waals surface area contributed by atoms with E-state index in [0.29, 0.717) is 6.54 Å². The van der Waals surface area contributed by atoms with Crippen LogP contribution in [0.25, 0.3) is 0 Å². The first-order valence-electron chi connectivity index (χ1n) is 12.2. The molecule has 0 amide bonds. The van der Waals surface area contributed by atoms with Crippen molar-refractivity contribution >= 4 is 0 Å². The van der Waals surface area contributed by atoms with Gasteiger partial charge in [0.15, 0.2) is 5.82 Å². The number of piperazine rings is 1. The zero-order valence-electron chi connectivity index (χ0n) is 19.5. The first kappa shape index (κ1) is 22.0. The molecule has 174 valence electrons. The molecule has 1 saturated carbocycles. The highest BCUT2D eigenvalue weighted by Gasteiger charge is 2.32. The van der Waals surface area contributed by atoms with Crippen LogP contribution in [0.2, 0.25) is 0 Å². The third-order valence-corrected chi connectivity index (χ3v) is 7.22. The molecule has 7 heteroatoms. The smallest absolute Gasteiger partial charge is 0.173 e. The lowest BCUT2D eigenvalue weighted by atomic mass is 9.93. The van der Waals surface area contributed by atoms with E-state index in [1.54, 1.807) is 7.11 Å². The van der Waals surface area contributed by atoms with Crippen molar-refractivity contribution in [2.45, 2.75) is 50.7 Å². The van der Waals surface area contributed by atoms with Crippen molar-refractivity contribution in [3.05, 3.63) is 71.5 Å². The summed E-state index contributed by atoms with van der Waals surface area (Å²) in [6.45, 7) is 4.94. The number of nitrogens with zero attached hydrogens (tertiary/aromatic N) is 6. The molecule has 0 radical (unpaired) electrons. The van der Waals surface area contributed by atoms with E-state index < -0.39 is 0 Å². The Balaban J connectivity index is 1.36. The van der Waals surface area contributed by atoms with Crippen LogP contribution in [-0.2, 0) is 6.54 Å². The van der Waals surface area contributed by atoms with Crippen LogP contribution >= 0.6 is 0 Å². The second-order valence-electron chi connectivity index (χ2n) is 9.22. The highest BCUT2D eigenvalue weighted by atomic mass is 16.5. The minimum absolute atomic E-state index is 0.0490. The fraction of sp³-hybridized carbons (Fsp3) is 0.500. The summed E-state index contributed by atoms with van der Waals surface area (Å²) in [6, 6.07) is 19.6. The standard InChI is InChI=1S/C26H34N6O/c1-33-24-14-12-21(13-15-24)20-32-26(27-28-29-32)25(22-8-4-2-5-9-22)31-18-16-30(17-19-31)23-10-6-3-7-11-23/h2,4-5,8-9,12-15,23,25H,3,6-7,10-11,16-20H2,1H3. The average molecular weight is 447 g/mol. The number of aromatic nitrogens is 4. The van der Waals surface area contributed by atoms with E-state index in [9.17, 15) is 0 Å². The molecule has 1 unspecified atom stereocenters. The Morgan fingerprint density at radius 3 is 2.33 bits per heavy atom. The number of tetrazole rings is 1. The van der Waals surface area contributed by atoms with Gasteiger partial charge < -0.3 is 4.74 Å². The Labute approximate surface area is 196 Å². The van der Waals surface area contributed by atoms with Crippen LogP contribution in [0.4, 0.5) is 0 Å². The third kappa shape index (κ3) is 5.09. The van der Waals surface area contributed by atoms with Gasteiger partial charge in [0, 0.05) is 32.2 Å². The molecular formula is C26H34N6O. The van der Waals surface area contributed by atoms with Crippen molar-refractivity contribution in [2.75, 3.05) is 33.3 Å². The molecule has 1 aliphatic heterocycles. The van der Waals surface area contributed by atoms with Crippen LogP contribution in [0, 0.1) is 0 Å². The predicted molar refractivity (Wildman–Crippen MR) is 128 cm³/mol. The summed E-state index contributed by atoms with van der Waals surface area (Å²) >= 11 is 0. The molecule has 1 atom stereocenters. The van der Waals surface area contributed by atoms with Gasteiger partial charge in [-0.15, -0.1) is 5.10 Å². The van der Waals surface area contributed by atoms with Crippen molar-refractivity contribution < 1.29 is 4.74 Å². The SMILES string of the molecule is COc1ccc(Cn2nnnc2C(c2ccccc2)N2CCN(C3CCCCC3)CC2)cc1. The van der Waals surface area contributed by atoms with Gasteiger partial charge in [0.05, 0.1) is 19.7 Å². The van der Waals surface area contributed by atoms with Crippen LogP contribution < -0.4 is 4.74 Å². The predicted octanol–water partition coefficient (Wildman–Crippen LogP) is 3.77. The van der Waals surface area contributed by atoms with Crippen LogP contribution in [0.3, 0.4) is 0 Å². The second-order valence-corrected chi connectivity index (χ2v) is 9.22. The van der Waals surface area contributed by atoms with Gasteiger partial charge in [-0.2, -0.15) is 0 Å². The summed E-state index contributed by atoms with van der Waals surface area (Å²) in [6.07, 6.45) is 6.91. The van der Waals surface area contributed by atoms with E-state index in [2.05, 4.69) is 67.8 Å². The van der Waals surface area contributed by atoms with E-state index in [1.165, 1.54) is 37.7 Å². The molecular weight excluding hydrogens is 412 g/mol. The summed E-state index contributed by atoms with van der Waals surface area (Å²) in [7, 11) is 1.69. The first-order valence-corrected chi connectivity index (χ1v) is 12.2. The number of methoxy groups -OCH3 is 1. The normalized spacial score (nSPS) is 19.4. The Bertz CT molecular complexity index is 991. The Hall–Kier alpha value is -2.77. The molecule has 0 bridgehead atoms. The molecule has 0 spiro atoms. The molecule has 3 aromatic rings. The number of hydrogen-bond donors (Lipinski definition) is 0. The van der Waals surface area contributed by atoms with Crippen molar-refractivity contribution in [1.29, 1.82) is 0 Å². The lowest BCUT2D eigenvalue weighted by molar-refractivity contribution is 0.0620. The van der Waals surface area contributed by atoms with E-state index >= 15 is 0 Å². The molecule has 7 nitrogen and oxygen atoms in total. The van der Waals surface area contributed by atoms with Crippen LogP contribution in [0.1, 0.15) is 55.1 Å². The monoisotopic (exact) mass is 446 g/mol. The fourth-order valence-electron chi connectivity index (χ4n) is 5.39. The van der Waals surface area contributed by atoms with E-state index in [1.807, 2.05) is 16.8 Å².